The van der Waals surface area contributed by atoms with E-state index in [1.807, 2.05) is 20.8 Å². The van der Waals surface area contributed by atoms with E-state index in [9.17, 15) is 39.0 Å². The van der Waals surface area contributed by atoms with E-state index in [2.05, 4.69) is 33.5 Å². The Kier molecular flexibility index (Phi) is 19.3. The number of hydrogen-bond acceptors (Lipinski definition) is 9. The molecule has 1 heterocycles. The van der Waals surface area contributed by atoms with Gasteiger partial charge in [-0.3, -0.25) is 24.0 Å². The summed E-state index contributed by atoms with van der Waals surface area (Å²) in [6.45, 7) is 9.86. The molecule has 1 aliphatic heterocycles. The topological polar surface area (TPSA) is 212 Å². The first kappa shape index (κ1) is 44.1. The molecular formula is C38H61N5O9. The maximum Gasteiger partial charge on any atom is 0.329 e. The summed E-state index contributed by atoms with van der Waals surface area (Å²) in [5, 5.41) is 33.6. The minimum Gasteiger partial charge on any atom is -0.460 e. The lowest BCUT2D eigenvalue weighted by atomic mass is 9.97. The molecule has 0 saturated carbocycles. The minimum atomic E-state index is -1.59. The fourth-order valence-electron chi connectivity index (χ4n) is 5.95. The fraction of sp³-hybridized carbons (Fsp3) is 0.684. The van der Waals surface area contributed by atoms with Gasteiger partial charge in [0.2, 0.25) is 29.5 Å². The van der Waals surface area contributed by atoms with Gasteiger partial charge in [0.1, 0.15) is 36.3 Å². The number of nitrogens with one attached hydrogen (secondary N) is 5. The normalized spacial score (nSPS) is 25.6. The number of hydrogen-bond donors (Lipinski definition) is 7. The second-order valence-corrected chi connectivity index (χ2v) is 14.3. The van der Waals surface area contributed by atoms with Gasteiger partial charge in [-0.2, -0.15) is 0 Å². The molecule has 0 radical (unpaired) electrons. The summed E-state index contributed by atoms with van der Waals surface area (Å²) in [5.74, 6) is -5.04. The van der Waals surface area contributed by atoms with Gasteiger partial charge >= 0.3 is 5.97 Å². The lowest BCUT2D eigenvalue weighted by Gasteiger charge is -2.29. The fourth-order valence-corrected chi connectivity index (χ4v) is 5.95. The molecule has 1 aromatic rings. The highest BCUT2D eigenvalue weighted by Crippen LogP contribution is 2.18. The highest BCUT2D eigenvalue weighted by molar-refractivity contribution is 5.96. The third-order valence-electron chi connectivity index (χ3n) is 9.24. The van der Waals surface area contributed by atoms with E-state index in [4.69, 9.17) is 4.74 Å². The van der Waals surface area contributed by atoms with Crippen molar-refractivity contribution in [3.63, 3.8) is 0 Å². The van der Waals surface area contributed by atoms with Crippen molar-refractivity contribution in [2.24, 2.45) is 11.8 Å². The van der Waals surface area contributed by atoms with Gasteiger partial charge in [0, 0.05) is 6.42 Å². The van der Waals surface area contributed by atoms with Gasteiger partial charge in [0.15, 0.2) is 0 Å². The Bertz CT molecular complexity index is 1310. The van der Waals surface area contributed by atoms with Gasteiger partial charge in [-0.1, -0.05) is 97.1 Å². The second kappa shape index (κ2) is 22.8. The molecule has 2 unspecified atom stereocenters. The van der Waals surface area contributed by atoms with Crippen molar-refractivity contribution in [2.45, 2.75) is 148 Å². The standard InChI is InChI=1S/C38H61N5O9/c1-7-9-10-11-15-18-27-21-31(46)39-28(19-23(3)4)34(47)41-30(22-44)36(49)43-33(25(6)45)37(50)40-29(20-26-16-13-12-14-17-26)35(48)42-32(24(5)8-2)38(51)52-27/h12-14,16-17,23-25,27-30,32-33,44-45H,7-11,15,18-22H2,1-6H3,(H,39,46)(H,40,50)(H,41,47)(H,42,48)(H,43,49)/t24-,25+,27?,28+,29+,30-,32-,33?/m0/s1. The molecule has 52 heavy (non-hydrogen) atoms. The van der Waals surface area contributed by atoms with Gasteiger partial charge in [0.25, 0.3) is 0 Å². The molecule has 14 heteroatoms. The Balaban J connectivity index is 2.60. The van der Waals surface area contributed by atoms with Crippen LogP contribution in [0.15, 0.2) is 30.3 Å². The summed E-state index contributed by atoms with van der Waals surface area (Å²) in [6.07, 6.45) is 3.15. The molecule has 1 saturated heterocycles. The molecule has 0 bridgehead atoms. The zero-order valence-electron chi connectivity index (χ0n) is 31.6. The number of unbranched alkanes of at least 4 members (excludes halogenated alkanes) is 4. The van der Waals surface area contributed by atoms with Gasteiger partial charge in [-0.15, -0.1) is 0 Å². The molecule has 0 aromatic heterocycles. The molecule has 1 aliphatic rings. The maximum atomic E-state index is 14.0. The van der Waals surface area contributed by atoms with Crippen molar-refractivity contribution in [3.8, 4) is 0 Å². The third kappa shape index (κ3) is 14.9. The number of carbonyl (C=O) groups excluding carboxylic acids is 6. The van der Waals surface area contributed by atoms with Crippen LogP contribution in [0.1, 0.15) is 105 Å². The summed E-state index contributed by atoms with van der Waals surface area (Å²) in [4.78, 5) is 81.7. The van der Waals surface area contributed by atoms with Crippen molar-refractivity contribution in [1.82, 2.24) is 26.6 Å². The predicted molar refractivity (Wildman–Crippen MR) is 195 cm³/mol. The average Bonchev–Trinajstić information content (AvgIpc) is 3.09. The summed E-state index contributed by atoms with van der Waals surface area (Å²) >= 11 is 0. The Hall–Kier alpha value is -4.04. The summed E-state index contributed by atoms with van der Waals surface area (Å²) in [5.41, 5.74) is 0.690. The highest BCUT2D eigenvalue weighted by Gasteiger charge is 2.36. The molecule has 292 valence electrons. The van der Waals surface area contributed by atoms with Gasteiger partial charge in [-0.25, -0.2) is 4.79 Å². The Morgan fingerprint density at radius 3 is 1.92 bits per heavy atom. The van der Waals surface area contributed by atoms with E-state index in [0.717, 1.165) is 25.7 Å². The van der Waals surface area contributed by atoms with Crippen LogP contribution >= 0.6 is 0 Å². The van der Waals surface area contributed by atoms with E-state index in [1.165, 1.54) is 6.92 Å². The largest absolute Gasteiger partial charge is 0.460 e. The molecule has 1 fully saturated rings. The third-order valence-corrected chi connectivity index (χ3v) is 9.24. The van der Waals surface area contributed by atoms with E-state index >= 15 is 0 Å². The number of cyclic esters (lactones) is 1. The van der Waals surface area contributed by atoms with Crippen LogP contribution in [0.3, 0.4) is 0 Å². The SMILES string of the molecule is CCCCCCCC1CC(=O)N[C@H](CC(C)C)C(=O)N[C@@H](CO)C(=O)NC([C@@H](C)O)C(=O)N[C@H](Cc2ccccc2)C(=O)N[C@@H]([C@@H](C)CC)C(=O)O1. The first-order valence-electron chi connectivity index (χ1n) is 18.7. The number of carbonyl (C=O) groups is 6. The maximum absolute atomic E-state index is 14.0. The van der Waals surface area contributed by atoms with Crippen molar-refractivity contribution >= 4 is 35.5 Å². The van der Waals surface area contributed by atoms with E-state index in [-0.39, 0.29) is 25.2 Å². The number of esters is 1. The summed E-state index contributed by atoms with van der Waals surface area (Å²) in [6, 6.07) is 2.26. The average molecular weight is 732 g/mol. The number of aliphatic hydroxyl groups is 2. The Labute approximate surface area is 308 Å². The zero-order chi connectivity index (χ0) is 38.8. The van der Waals surface area contributed by atoms with Crippen LogP contribution in [-0.2, 0) is 39.9 Å². The van der Waals surface area contributed by atoms with Gasteiger partial charge in [-0.05, 0) is 43.6 Å². The zero-order valence-corrected chi connectivity index (χ0v) is 31.6. The molecule has 7 N–H and O–H groups in total. The molecule has 8 atom stereocenters. The monoisotopic (exact) mass is 731 g/mol. The van der Waals surface area contributed by atoms with Crippen LogP contribution in [-0.4, -0.2) is 94.7 Å². The molecule has 0 aliphatic carbocycles. The molecule has 1 aromatic carbocycles. The second-order valence-electron chi connectivity index (χ2n) is 14.3. The summed E-state index contributed by atoms with van der Waals surface area (Å²) in [7, 11) is 0. The van der Waals surface area contributed by atoms with E-state index in [1.54, 1.807) is 37.3 Å². The molecule has 0 spiro atoms. The van der Waals surface area contributed by atoms with Crippen LogP contribution in [0.4, 0.5) is 0 Å². The van der Waals surface area contributed by atoms with E-state index in [0.29, 0.717) is 24.8 Å². The predicted octanol–water partition coefficient (Wildman–Crippen LogP) is 1.79. The van der Waals surface area contributed by atoms with E-state index < -0.39 is 90.4 Å². The smallest absolute Gasteiger partial charge is 0.329 e. The van der Waals surface area contributed by atoms with Crippen LogP contribution in [0.2, 0.25) is 0 Å². The number of amides is 5. The highest BCUT2D eigenvalue weighted by atomic mass is 16.5. The van der Waals surface area contributed by atoms with Crippen molar-refractivity contribution in [2.75, 3.05) is 6.61 Å². The first-order chi connectivity index (χ1) is 24.7. The Morgan fingerprint density at radius 1 is 0.731 bits per heavy atom. The van der Waals surface area contributed by atoms with Crippen molar-refractivity contribution < 1.29 is 43.7 Å². The number of rotatable bonds is 14. The molecule has 14 nitrogen and oxygen atoms in total. The first-order valence-corrected chi connectivity index (χ1v) is 18.7. The quantitative estimate of drug-likeness (QED) is 0.110. The lowest BCUT2D eigenvalue weighted by Crippen LogP contribution is -2.62. The lowest BCUT2D eigenvalue weighted by molar-refractivity contribution is -0.156. The number of benzene rings is 1. The Morgan fingerprint density at radius 2 is 1.33 bits per heavy atom. The van der Waals surface area contributed by atoms with Gasteiger partial charge < -0.3 is 41.5 Å². The van der Waals surface area contributed by atoms with Gasteiger partial charge in [0.05, 0.1) is 19.1 Å². The van der Waals surface area contributed by atoms with Crippen molar-refractivity contribution in [3.05, 3.63) is 35.9 Å². The van der Waals surface area contributed by atoms with Crippen LogP contribution in [0.5, 0.6) is 0 Å². The van der Waals surface area contributed by atoms with Crippen LogP contribution < -0.4 is 26.6 Å². The molecular weight excluding hydrogens is 670 g/mol. The molecule has 5 amide bonds. The summed E-state index contributed by atoms with van der Waals surface area (Å²) < 4.78 is 5.97. The minimum absolute atomic E-state index is 0.00822. The number of aliphatic hydroxyl groups excluding tert-OH is 2. The number of ether oxygens (including phenoxy) is 1. The van der Waals surface area contributed by atoms with Crippen LogP contribution in [0.25, 0.3) is 0 Å². The molecule has 2 rings (SSSR count). The van der Waals surface area contributed by atoms with Crippen LogP contribution in [0, 0.1) is 11.8 Å². The van der Waals surface area contributed by atoms with Crippen molar-refractivity contribution in [1.29, 1.82) is 0 Å².